The highest BCUT2D eigenvalue weighted by Gasteiger charge is 2.27. The van der Waals surface area contributed by atoms with Crippen molar-refractivity contribution in [2.45, 2.75) is 44.7 Å². The van der Waals surface area contributed by atoms with Crippen molar-refractivity contribution in [1.29, 1.82) is 0 Å². The molecular formula is C11H13F3N2S. The third-order valence-corrected chi connectivity index (χ3v) is 3.24. The third-order valence-electron chi connectivity index (χ3n) is 2.90. The number of fused-ring (bicyclic) bond motifs is 1. The summed E-state index contributed by atoms with van der Waals surface area (Å²) in [4.78, 5) is 7.05. The SMILES string of the molecule is FC(F)(F)CCc1nc(=S)c2c([nH]1)CCCC2. The summed E-state index contributed by atoms with van der Waals surface area (Å²) in [5.41, 5.74) is 2.00. The van der Waals surface area contributed by atoms with E-state index in [1.165, 1.54) is 0 Å². The molecule has 2 rings (SSSR count). The molecule has 1 aromatic heterocycles. The number of H-pyrrole nitrogens is 1. The smallest absolute Gasteiger partial charge is 0.347 e. The standard InChI is InChI=1S/C11H13F3N2S/c12-11(13,14)6-5-9-15-8-4-2-1-3-7(8)10(17)16-9/h1-6H2,(H,15,16,17). The number of aromatic amines is 1. The zero-order chi connectivity index (χ0) is 12.5. The van der Waals surface area contributed by atoms with Crippen LogP contribution in [0.25, 0.3) is 0 Å². The summed E-state index contributed by atoms with van der Waals surface area (Å²) >= 11 is 5.12. The number of alkyl halides is 3. The number of nitrogens with one attached hydrogen (secondary N) is 1. The number of halogens is 3. The van der Waals surface area contributed by atoms with Gasteiger partial charge in [0.25, 0.3) is 0 Å². The average Bonchev–Trinajstić information content (AvgIpc) is 2.26. The molecule has 2 nitrogen and oxygen atoms in total. The molecule has 0 saturated heterocycles. The Morgan fingerprint density at radius 3 is 2.65 bits per heavy atom. The molecule has 0 bridgehead atoms. The van der Waals surface area contributed by atoms with Gasteiger partial charge in [-0.2, -0.15) is 13.2 Å². The molecule has 1 aliphatic carbocycles. The molecule has 1 heterocycles. The van der Waals surface area contributed by atoms with E-state index in [0.29, 0.717) is 10.5 Å². The Bertz CT molecular complexity index is 465. The van der Waals surface area contributed by atoms with E-state index in [-0.39, 0.29) is 6.42 Å². The molecule has 0 amide bonds. The van der Waals surface area contributed by atoms with Crippen molar-refractivity contribution >= 4 is 12.2 Å². The van der Waals surface area contributed by atoms with Crippen LogP contribution < -0.4 is 0 Å². The Balaban J connectivity index is 2.20. The van der Waals surface area contributed by atoms with Crippen LogP contribution in [0.2, 0.25) is 0 Å². The van der Waals surface area contributed by atoms with Crippen molar-refractivity contribution in [1.82, 2.24) is 9.97 Å². The second-order valence-electron chi connectivity index (χ2n) is 4.27. The van der Waals surface area contributed by atoms with Crippen molar-refractivity contribution in [3.63, 3.8) is 0 Å². The molecule has 0 aliphatic heterocycles. The quantitative estimate of drug-likeness (QED) is 0.826. The number of hydrogen-bond donors (Lipinski definition) is 1. The van der Waals surface area contributed by atoms with Crippen molar-refractivity contribution in [2.24, 2.45) is 0 Å². The molecule has 0 saturated carbocycles. The van der Waals surface area contributed by atoms with Crippen molar-refractivity contribution in [3.05, 3.63) is 21.7 Å². The fourth-order valence-electron chi connectivity index (χ4n) is 2.05. The first-order chi connectivity index (χ1) is 7.96. The molecule has 0 spiro atoms. The highest BCUT2D eigenvalue weighted by molar-refractivity contribution is 7.71. The third kappa shape index (κ3) is 3.28. The molecule has 1 N–H and O–H groups in total. The van der Waals surface area contributed by atoms with Gasteiger partial charge in [-0.3, -0.25) is 0 Å². The van der Waals surface area contributed by atoms with E-state index < -0.39 is 12.6 Å². The average molecular weight is 262 g/mol. The number of rotatable bonds is 2. The summed E-state index contributed by atoms with van der Waals surface area (Å²) in [7, 11) is 0. The van der Waals surface area contributed by atoms with Gasteiger partial charge >= 0.3 is 6.18 Å². The fourth-order valence-corrected chi connectivity index (χ4v) is 2.39. The Labute approximate surface area is 102 Å². The van der Waals surface area contributed by atoms with Crippen LogP contribution in [0.1, 0.15) is 36.3 Å². The fraction of sp³-hybridized carbons (Fsp3) is 0.636. The highest BCUT2D eigenvalue weighted by atomic mass is 32.1. The van der Waals surface area contributed by atoms with Gasteiger partial charge in [-0.1, -0.05) is 12.2 Å². The van der Waals surface area contributed by atoms with Crippen LogP contribution in [-0.4, -0.2) is 16.1 Å². The Kier molecular flexibility index (Phi) is 3.51. The lowest BCUT2D eigenvalue weighted by atomic mass is 9.97. The zero-order valence-electron chi connectivity index (χ0n) is 9.23. The predicted molar refractivity (Wildman–Crippen MR) is 60.4 cm³/mol. The molecule has 17 heavy (non-hydrogen) atoms. The predicted octanol–water partition coefficient (Wildman–Crippen LogP) is 3.51. The van der Waals surface area contributed by atoms with E-state index in [1.807, 2.05) is 0 Å². The molecule has 1 aromatic rings. The van der Waals surface area contributed by atoms with Crippen LogP contribution in [0, 0.1) is 4.64 Å². The molecule has 0 radical (unpaired) electrons. The van der Waals surface area contributed by atoms with Crippen LogP contribution in [0.3, 0.4) is 0 Å². The van der Waals surface area contributed by atoms with Gasteiger partial charge < -0.3 is 4.98 Å². The first-order valence-corrected chi connectivity index (χ1v) is 6.04. The summed E-state index contributed by atoms with van der Waals surface area (Å²) in [5, 5.41) is 0. The van der Waals surface area contributed by atoms with E-state index in [2.05, 4.69) is 9.97 Å². The van der Waals surface area contributed by atoms with Crippen molar-refractivity contribution in [2.75, 3.05) is 0 Å². The number of aromatic nitrogens is 2. The summed E-state index contributed by atoms with van der Waals surface area (Å²) < 4.78 is 36.8. The molecule has 1 aliphatic rings. The minimum Gasteiger partial charge on any atom is -0.347 e. The van der Waals surface area contributed by atoms with E-state index in [4.69, 9.17) is 12.2 Å². The van der Waals surface area contributed by atoms with Gasteiger partial charge in [0.2, 0.25) is 0 Å². The maximum Gasteiger partial charge on any atom is 0.389 e. The van der Waals surface area contributed by atoms with E-state index in [0.717, 1.165) is 36.9 Å². The lowest BCUT2D eigenvalue weighted by molar-refractivity contribution is -0.134. The summed E-state index contributed by atoms with van der Waals surface area (Å²) in [6.07, 6.45) is -1.25. The maximum absolute atomic E-state index is 12.1. The molecule has 6 heteroatoms. The molecule has 0 fully saturated rings. The largest absolute Gasteiger partial charge is 0.389 e. The molecular weight excluding hydrogens is 249 g/mol. The van der Waals surface area contributed by atoms with E-state index in [1.54, 1.807) is 0 Å². The summed E-state index contributed by atoms with van der Waals surface area (Å²) in [6.45, 7) is 0. The number of aryl methyl sites for hydroxylation is 2. The maximum atomic E-state index is 12.1. The number of nitrogens with zero attached hydrogens (tertiary/aromatic N) is 1. The summed E-state index contributed by atoms with van der Waals surface area (Å²) in [5.74, 6) is 0.355. The van der Waals surface area contributed by atoms with Crippen LogP contribution >= 0.6 is 12.2 Å². The summed E-state index contributed by atoms with van der Waals surface area (Å²) in [6, 6.07) is 0. The van der Waals surface area contributed by atoms with Gasteiger partial charge in [0.05, 0.1) is 6.42 Å². The van der Waals surface area contributed by atoms with Gasteiger partial charge in [0, 0.05) is 17.7 Å². The van der Waals surface area contributed by atoms with E-state index >= 15 is 0 Å². The van der Waals surface area contributed by atoms with Crippen molar-refractivity contribution < 1.29 is 13.2 Å². The molecule has 0 aromatic carbocycles. The Morgan fingerprint density at radius 2 is 1.94 bits per heavy atom. The minimum absolute atomic E-state index is 0.125. The first-order valence-electron chi connectivity index (χ1n) is 5.63. The van der Waals surface area contributed by atoms with Gasteiger partial charge in [-0.15, -0.1) is 0 Å². The highest BCUT2D eigenvalue weighted by Crippen LogP contribution is 2.23. The molecule has 0 atom stereocenters. The first kappa shape index (κ1) is 12.5. The van der Waals surface area contributed by atoms with Crippen LogP contribution in [0.5, 0.6) is 0 Å². The van der Waals surface area contributed by atoms with Gasteiger partial charge in [0.15, 0.2) is 0 Å². The zero-order valence-corrected chi connectivity index (χ0v) is 10.0. The second kappa shape index (κ2) is 4.76. The van der Waals surface area contributed by atoms with E-state index in [9.17, 15) is 13.2 Å². The van der Waals surface area contributed by atoms with Crippen molar-refractivity contribution in [3.8, 4) is 0 Å². The number of hydrogen-bond acceptors (Lipinski definition) is 2. The van der Waals surface area contributed by atoms with Crippen LogP contribution in [0.4, 0.5) is 13.2 Å². The van der Waals surface area contributed by atoms with Gasteiger partial charge in [-0.05, 0) is 25.7 Å². The minimum atomic E-state index is -4.15. The molecule has 94 valence electrons. The molecule has 0 unspecified atom stereocenters. The normalized spacial score (nSPS) is 15.7. The van der Waals surface area contributed by atoms with Gasteiger partial charge in [-0.25, -0.2) is 4.98 Å². The second-order valence-corrected chi connectivity index (χ2v) is 4.65. The Hall–Kier alpha value is -0.910. The topological polar surface area (TPSA) is 28.7 Å². The monoisotopic (exact) mass is 262 g/mol. The lowest BCUT2D eigenvalue weighted by Crippen LogP contribution is -2.13. The lowest BCUT2D eigenvalue weighted by Gasteiger charge is -2.16. The van der Waals surface area contributed by atoms with Crippen LogP contribution in [0.15, 0.2) is 0 Å². The van der Waals surface area contributed by atoms with Gasteiger partial charge in [0.1, 0.15) is 10.5 Å². The van der Waals surface area contributed by atoms with Crippen LogP contribution in [-0.2, 0) is 19.3 Å². The Morgan fingerprint density at radius 1 is 1.24 bits per heavy atom.